The average molecular weight is 540 g/mol. The number of halogens is 4. The van der Waals surface area contributed by atoms with E-state index in [2.05, 4.69) is 15.4 Å². The molecule has 2 N–H and O–H groups in total. The Balaban J connectivity index is 1.79. The molecule has 1 aromatic heterocycles. The first-order valence-corrected chi connectivity index (χ1v) is 12.3. The predicted octanol–water partition coefficient (Wildman–Crippen LogP) is 5.90. The summed E-state index contributed by atoms with van der Waals surface area (Å²) in [5.41, 5.74) is 2.14. The molecule has 7 nitrogen and oxygen atoms in total. The molecule has 0 amide bonds. The number of hydrogen-bond acceptors (Lipinski definition) is 6. The number of methoxy groups -OCH3 is 1. The van der Waals surface area contributed by atoms with E-state index in [0.717, 1.165) is 16.1 Å². The second-order valence-electron chi connectivity index (χ2n) is 7.71. The Morgan fingerprint density at radius 2 is 1.81 bits per heavy atom. The minimum absolute atomic E-state index is 0.331. The van der Waals surface area contributed by atoms with Crippen molar-refractivity contribution in [2.75, 3.05) is 19.5 Å². The fourth-order valence-corrected chi connectivity index (χ4v) is 5.34. The maximum atomic E-state index is 13.5. The number of nitrogens with zero attached hydrogens (tertiary/aromatic N) is 1. The number of fused-ring (bicyclic) bond motifs is 1. The predicted molar refractivity (Wildman–Crippen MR) is 132 cm³/mol. The van der Waals surface area contributed by atoms with Crippen LogP contribution in [0.25, 0.3) is 10.9 Å². The first-order valence-electron chi connectivity index (χ1n) is 10.5. The van der Waals surface area contributed by atoms with Crippen LogP contribution < -0.4 is 20.1 Å². The van der Waals surface area contributed by atoms with Crippen LogP contribution in [-0.2, 0) is 16.6 Å². The Hall–Kier alpha value is -3.41. The van der Waals surface area contributed by atoms with Crippen molar-refractivity contribution in [3.05, 3.63) is 77.4 Å². The lowest BCUT2D eigenvalue weighted by atomic mass is 10.1. The number of aromatic nitrogens is 1. The number of benzene rings is 3. The van der Waals surface area contributed by atoms with Crippen LogP contribution >= 0.6 is 11.6 Å². The van der Waals surface area contributed by atoms with E-state index in [0.29, 0.717) is 45.2 Å². The van der Waals surface area contributed by atoms with Gasteiger partial charge in [0.2, 0.25) is 0 Å². The highest BCUT2D eigenvalue weighted by Gasteiger charge is 2.32. The van der Waals surface area contributed by atoms with Gasteiger partial charge in [0.15, 0.2) is 0 Å². The van der Waals surface area contributed by atoms with Gasteiger partial charge >= 0.3 is 6.36 Å². The Morgan fingerprint density at radius 1 is 1.03 bits per heavy atom. The van der Waals surface area contributed by atoms with Gasteiger partial charge in [0, 0.05) is 35.9 Å². The van der Waals surface area contributed by atoms with Crippen molar-refractivity contribution in [3.63, 3.8) is 0 Å². The van der Waals surface area contributed by atoms with E-state index in [1.165, 1.54) is 25.4 Å². The van der Waals surface area contributed by atoms with Crippen LogP contribution in [0, 0.1) is 0 Å². The van der Waals surface area contributed by atoms with Crippen molar-refractivity contribution in [2.45, 2.75) is 17.8 Å². The fourth-order valence-electron chi connectivity index (χ4n) is 3.70. The zero-order valence-corrected chi connectivity index (χ0v) is 20.6. The third-order valence-corrected chi connectivity index (χ3v) is 7.25. The van der Waals surface area contributed by atoms with Gasteiger partial charge < -0.3 is 20.1 Å². The number of hydrogen-bond donors (Lipinski definition) is 2. The molecule has 0 saturated heterocycles. The maximum Gasteiger partial charge on any atom is 0.573 e. The monoisotopic (exact) mass is 539 g/mol. The largest absolute Gasteiger partial charge is 0.573 e. The molecule has 0 spiro atoms. The highest BCUT2D eigenvalue weighted by molar-refractivity contribution is 7.90. The number of alkyl halides is 3. The van der Waals surface area contributed by atoms with Gasteiger partial charge in [-0.05, 0) is 49.0 Å². The Kier molecular flexibility index (Phi) is 7.07. The van der Waals surface area contributed by atoms with Crippen LogP contribution in [-0.4, -0.2) is 32.9 Å². The quantitative estimate of drug-likeness (QED) is 0.290. The van der Waals surface area contributed by atoms with E-state index in [9.17, 15) is 21.6 Å². The Labute approximate surface area is 210 Å². The normalized spacial score (nSPS) is 12.1. The van der Waals surface area contributed by atoms with Crippen molar-refractivity contribution >= 4 is 43.9 Å². The molecule has 4 rings (SSSR count). The molecule has 1 heterocycles. The van der Waals surface area contributed by atoms with E-state index < -0.39 is 22.1 Å². The Bertz CT molecular complexity index is 1520. The van der Waals surface area contributed by atoms with Gasteiger partial charge in [-0.15, -0.1) is 13.2 Å². The highest BCUT2D eigenvalue weighted by Crippen LogP contribution is 2.33. The van der Waals surface area contributed by atoms with Gasteiger partial charge in [-0.3, -0.25) is 0 Å². The van der Waals surface area contributed by atoms with Crippen LogP contribution in [0.3, 0.4) is 0 Å². The van der Waals surface area contributed by atoms with E-state index in [4.69, 9.17) is 16.3 Å². The van der Waals surface area contributed by atoms with Crippen LogP contribution in [0.4, 0.5) is 24.5 Å². The summed E-state index contributed by atoms with van der Waals surface area (Å²) < 4.78 is 75.2. The summed E-state index contributed by atoms with van der Waals surface area (Å²) in [6, 6.07) is 14.5. The molecule has 0 atom stereocenters. The van der Waals surface area contributed by atoms with E-state index in [1.54, 1.807) is 43.4 Å². The minimum atomic E-state index is -4.95. The summed E-state index contributed by atoms with van der Waals surface area (Å²) in [5.74, 6) is -0.0543. The lowest BCUT2D eigenvalue weighted by Gasteiger charge is -2.13. The number of rotatable bonds is 8. The topological polar surface area (TPSA) is 81.6 Å². The molecule has 0 aliphatic heterocycles. The molecule has 4 aromatic rings. The fraction of sp³-hybridized carbons (Fsp3) is 0.167. The van der Waals surface area contributed by atoms with E-state index in [1.807, 2.05) is 0 Å². The lowest BCUT2D eigenvalue weighted by Crippen LogP contribution is -2.18. The summed E-state index contributed by atoms with van der Waals surface area (Å²) in [4.78, 5) is -0.353. The molecule has 36 heavy (non-hydrogen) atoms. The first-order chi connectivity index (χ1) is 17.0. The molecule has 0 aliphatic rings. The zero-order valence-electron chi connectivity index (χ0n) is 19.1. The molecule has 0 aliphatic carbocycles. The summed E-state index contributed by atoms with van der Waals surface area (Å²) in [5, 5.41) is 7.20. The van der Waals surface area contributed by atoms with Crippen molar-refractivity contribution < 1.29 is 31.1 Å². The number of nitrogens with one attached hydrogen (secondary N) is 2. The standard InChI is InChI=1S/C24H21ClF3N3O4S/c1-29-13-15-14-31(36(32,33)19-5-3-4-18(11-19)35-24(26,27)28)23-10-16(6-8-20(15)23)30-22-9-7-17(34-2)12-21(22)25/h3-12,14,29-30H,13H2,1-2H3. The van der Waals surface area contributed by atoms with Crippen LogP contribution in [0.5, 0.6) is 11.5 Å². The second kappa shape index (κ2) is 9.92. The average Bonchev–Trinajstić information content (AvgIpc) is 3.18. The molecule has 0 bridgehead atoms. The molecular weight excluding hydrogens is 519 g/mol. The molecule has 0 saturated carbocycles. The third-order valence-electron chi connectivity index (χ3n) is 5.27. The maximum absolute atomic E-state index is 13.5. The second-order valence-corrected chi connectivity index (χ2v) is 9.93. The SMILES string of the molecule is CNCc1cn(S(=O)(=O)c2cccc(OC(F)(F)F)c2)c2cc(Nc3ccc(OC)cc3Cl)ccc12. The summed E-state index contributed by atoms with van der Waals surface area (Å²) in [7, 11) is -1.03. The molecular formula is C24H21ClF3N3O4S. The number of anilines is 2. The summed E-state index contributed by atoms with van der Waals surface area (Å²) in [6.45, 7) is 0.368. The van der Waals surface area contributed by atoms with Crippen LogP contribution in [0.2, 0.25) is 5.02 Å². The van der Waals surface area contributed by atoms with Crippen molar-refractivity contribution in [2.24, 2.45) is 0 Å². The van der Waals surface area contributed by atoms with Gasteiger partial charge in [0.25, 0.3) is 10.0 Å². The molecule has 190 valence electrons. The Morgan fingerprint density at radius 3 is 2.47 bits per heavy atom. The molecule has 12 heteroatoms. The molecule has 0 unspecified atom stereocenters. The van der Waals surface area contributed by atoms with Gasteiger partial charge in [-0.1, -0.05) is 23.7 Å². The summed E-state index contributed by atoms with van der Waals surface area (Å²) in [6.07, 6.45) is -3.51. The zero-order chi connectivity index (χ0) is 26.1. The van der Waals surface area contributed by atoms with Gasteiger partial charge in [-0.2, -0.15) is 0 Å². The van der Waals surface area contributed by atoms with E-state index >= 15 is 0 Å². The van der Waals surface area contributed by atoms with Crippen molar-refractivity contribution in [1.29, 1.82) is 0 Å². The van der Waals surface area contributed by atoms with Gasteiger partial charge in [0.1, 0.15) is 11.5 Å². The highest BCUT2D eigenvalue weighted by atomic mass is 35.5. The van der Waals surface area contributed by atoms with Gasteiger partial charge in [0.05, 0.1) is 28.2 Å². The molecule has 0 fully saturated rings. The number of ether oxygens (including phenoxy) is 2. The van der Waals surface area contributed by atoms with Crippen molar-refractivity contribution in [1.82, 2.24) is 9.29 Å². The van der Waals surface area contributed by atoms with E-state index in [-0.39, 0.29) is 4.90 Å². The lowest BCUT2D eigenvalue weighted by molar-refractivity contribution is -0.274. The molecule has 3 aromatic carbocycles. The molecule has 0 radical (unpaired) electrons. The van der Waals surface area contributed by atoms with Crippen molar-refractivity contribution in [3.8, 4) is 11.5 Å². The van der Waals surface area contributed by atoms with Crippen LogP contribution in [0.1, 0.15) is 5.56 Å². The first kappa shape index (κ1) is 25.7. The minimum Gasteiger partial charge on any atom is -0.497 e. The third kappa shape index (κ3) is 5.38. The summed E-state index contributed by atoms with van der Waals surface area (Å²) >= 11 is 6.32. The smallest absolute Gasteiger partial charge is 0.497 e. The van der Waals surface area contributed by atoms with Crippen LogP contribution in [0.15, 0.2) is 71.8 Å². The van der Waals surface area contributed by atoms with Gasteiger partial charge in [-0.25, -0.2) is 12.4 Å².